The van der Waals surface area contributed by atoms with Gasteiger partial charge >= 0.3 is 0 Å². The van der Waals surface area contributed by atoms with E-state index in [1.165, 1.54) is 0 Å². The monoisotopic (exact) mass is 230 g/mol. The zero-order valence-corrected chi connectivity index (χ0v) is 11.2. The maximum atomic E-state index is 11.5. The molecule has 0 saturated carbocycles. The first-order chi connectivity index (χ1) is 7.37. The average molecular weight is 230 g/mol. The van der Waals surface area contributed by atoms with Gasteiger partial charge in [-0.1, -0.05) is 6.92 Å². The Bertz CT molecular complexity index is 203. The lowest BCUT2D eigenvalue weighted by Gasteiger charge is -2.24. The Morgan fingerprint density at radius 3 is 2.50 bits per heavy atom. The summed E-state index contributed by atoms with van der Waals surface area (Å²) < 4.78 is 5.35. The highest BCUT2D eigenvalue weighted by Gasteiger charge is 2.16. The molecule has 0 radical (unpaired) electrons. The van der Waals surface area contributed by atoms with Gasteiger partial charge in [0.2, 0.25) is 5.91 Å². The molecule has 0 atom stereocenters. The van der Waals surface area contributed by atoms with E-state index >= 15 is 0 Å². The largest absolute Gasteiger partial charge is 0.377 e. The molecule has 0 aliphatic carbocycles. The Balaban J connectivity index is 3.52. The first kappa shape index (κ1) is 15.4. The number of carbonyl (C=O) groups excluding carboxylic acids is 1. The molecule has 4 heteroatoms. The van der Waals surface area contributed by atoms with Gasteiger partial charge in [0.05, 0.1) is 19.3 Å². The van der Waals surface area contributed by atoms with Crippen LogP contribution < -0.4 is 10.6 Å². The van der Waals surface area contributed by atoms with Crippen LogP contribution in [0.2, 0.25) is 0 Å². The minimum atomic E-state index is -0.118. The summed E-state index contributed by atoms with van der Waals surface area (Å²) in [4.78, 5) is 11.5. The summed E-state index contributed by atoms with van der Waals surface area (Å²) in [5.74, 6) is 0.0383. The molecule has 1 amide bonds. The third-order valence-electron chi connectivity index (χ3n) is 2.38. The van der Waals surface area contributed by atoms with E-state index in [1.807, 2.05) is 27.7 Å². The van der Waals surface area contributed by atoms with Crippen LogP contribution in [0.4, 0.5) is 0 Å². The average Bonchev–Trinajstić information content (AvgIpc) is 2.16. The van der Waals surface area contributed by atoms with Gasteiger partial charge in [0.1, 0.15) is 0 Å². The van der Waals surface area contributed by atoms with Gasteiger partial charge in [0.15, 0.2) is 0 Å². The molecule has 0 aliphatic rings. The molecular formula is C12H26N2O2. The predicted molar refractivity (Wildman–Crippen MR) is 66.5 cm³/mol. The SMILES string of the molecule is CCC(C)(C)NC(=O)CNCCOC(C)C. The first-order valence-electron chi connectivity index (χ1n) is 6.00. The van der Waals surface area contributed by atoms with Crippen molar-refractivity contribution in [2.75, 3.05) is 19.7 Å². The number of amides is 1. The van der Waals surface area contributed by atoms with Crippen LogP contribution >= 0.6 is 0 Å². The molecule has 16 heavy (non-hydrogen) atoms. The van der Waals surface area contributed by atoms with Gasteiger partial charge in [-0.15, -0.1) is 0 Å². The molecule has 4 nitrogen and oxygen atoms in total. The number of rotatable bonds is 8. The molecule has 0 saturated heterocycles. The molecule has 0 aromatic heterocycles. The summed E-state index contributed by atoms with van der Waals surface area (Å²) in [5, 5.41) is 6.01. The van der Waals surface area contributed by atoms with Crippen LogP contribution in [0, 0.1) is 0 Å². The van der Waals surface area contributed by atoms with Crippen LogP contribution in [0.5, 0.6) is 0 Å². The maximum Gasteiger partial charge on any atom is 0.234 e. The Kier molecular flexibility index (Phi) is 7.34. The molecule has 0 rings (SSSR count). The number of ether oxygens (including phenoxy) is 1. The van der Waals surface area contributed by atoms with Crippen LogP contribution in [0.1, 0.15) is 41.0 Å². The number of nitrogens with one attached hydrogen (secondary N) is 2. The smallest absolute Gasteiger partial charge is 0.234 e. The van der Waals surface area contributed by atoms with Crippen molar-refractivity contribution in [1.82, 2.24) is 10.6 Å². The molecule has 96 valence electrons. The van der Waals surface area contributed by atoms with E-state index in [1.54, 1.807) is 0 Å². The van der Waals surface area contributed by atoms with Gasteiger partial charge in [0.25, 0.3) is 0 Å². The highest BCUT2D eigenvalue weighted by atomic mass is 16.5. The fraction of sp³-hybridized carbons (Fsp3) is 0.917. The molecule has 0 aromatic carbocycles. The second kappa shape index (κ2) is 7.63. The van der Waals surface area contributed by atoms with Crippen molar-refractivity contribution < 1.29 is 9.53 Å². The predicted octanol–water partition coefficient (Wildman–Crippen LogP) is 1.31. The van der Waals surface area contributed by atoms with Gasteiger partial charge < -0.3 is 15.4 Å². The topological polar surface area (TPSA) is 50.4 Å². The fourth-order valence-electron chi connectivity index (χ4n) is 1.08. The van der Waals surface area contributed by atoms with Crippen LogP contribution in [0.15, 0.2) is 0 Å². The van der Waals surface area contributed by atoms with E-state index in [0.717, 1.165) is 6.42 Å². The minimum absolute atomic E-state index is 0.0383. The van der Waals surface area contributed by atoms with Gasteiger partial charge in [-0.3, -0.25) is 4.79 Å². The van der Waals surface area contributed by atoms with Crippen molar-refractivity contribution in [3.63, 3.8) is 0 Å². The number of carbonyl (C=O) groups is 1. The van der Waals surface area contributed by atoms with E-state index < -0.39 is 0 Å². The summed E-state index contributed by atoms with van der Waals surface area (Å²) in [5.41, 5.74) is -0.118. The van der Waals surface area contributed by atoms with Crippen LogP contribution in [0.25, 0.3) is 0 Å². The Morgan fingerprint density at radius 2 is 2.00 bits per heavy atom. The zero-order chi connectivity index (χ0) is 12.6. The molecule has 0 fully saturated rings. The standard InChI is InChI=1S/C12H26N2O2/c1-6-12(4,5)14-11(15)9-13-7-8-16-10(2)3/h10,13H,6-9H2,1-5H3,(H,14,15). The molecule has 0 aromatic rings. The lowest BCUT2D eigenvalue weighted by Crippen LogP contribution is -2.46. The first-order valence-corrected chi connectivity index (χ1v) is 6.00. The van der Waals surface area contributed by atoms with Gasteiger partial charge in [-0.05, 0) is 34.1 Å². The Morgan fingerprint density at radius 1 is 1.38 bits per heavy atom. The van der Waals surface area contributed by atoms with Gasteiger partial charge in [-0.25, -0.2) is 0 Å². The lowest BCUT2D eigenvalue weighted by atomic mass is 10.0. The van der Waals surface area contributed by atoms with Crippen molar-refractivity contribution in [3.05, 3.63) is 0 Å². The summed E-state index contributed by atoms with van der Waals surface area (Å²) in [7, 11) is 0. The van der Waals surface area contributed by atoms with Crippen LogP contribution in [0.3, 0.4) is 0 Å². The molecule has 0 unspecified atom stereocenters. The lowest BCUT2D eigenvalue weighted by molar-refractivity contribution is -0.121. The molecule has 0 bridgehead atoms. The van der Waals surface area contributed by atoms with E-state index in [0.29, 0.717) is 19.7 Å². The number of hydrogen-bond acceptors (Lipinski definition) is 3. The summed E-state index contributed by atoms with van der Waals surface area (Å²) >= 11 is 0. The van der Waals surface area contributed by atoms with Gasteiger partial charge in [0, 0.05) is 12.1 Å². The maximum absolute atomic E-state index is 11.5. The van der Waals surface area contributed by atoms with E-state index in [2.05, 4.69) is 17.6 Å². The van der Waals surface area contributed by atoms with E-state index in [4.69, 9.17) is 4.74 Å². The minimum Gasteiger partial charge on any atom is -0.377 e. The fourth-order valence-corrected chi connectivity index (χ4v) is 1.08. The van der Waals surface area contributed by atoms with Crippen molar-refractivity contribution in [2.24, 2.45) is 0 Å². The molecule has 0 heterocycles. The highest BCUT2D eigenvalue weighted by molar-refractivity contribution is 5.78. The Hall–Kier alpha value is -0.610. The van der Waals surface area contributed by atoms with Crippen LogP contribution in [-0.4, -0.2) is 37.2 Å². The number of hydrogen-bond donors (Lipinski definition) is 2. The van der Waals surface area contributed by atoms with Crippen molar-refractivity contribution in [3.8, 4) is 0 Å². The van der Waals surface area contributed by atoms with Gasteiger partial charge in [-0.2, -0.15) is 0 Å². The third kappa shape index (κ3) is 8.68. The summed E-state index contributed by atoms with van der Waals surface area (Å²) in [6, 6.07) is 0. The van der Waals surface area contributed by atoms with E-state index in [9.17, 15) is 4.79 Å². The van der Waals surface area contributed by atoms with Crippen molar-refractivity contribution in [2.45, 2.75) is 52.7 Å². The quantitative estimate of drug-likeness (QED) is 0.618. The molecule has 0 aliphatic heterocycles. The van der Waals surface area contributed by atoms with Crippen molar-refractivity contribution >= 4 is 5.91 Å². The molecule has 2 N–H and O–H groups in total. The second-order valence-electron chi connectivity index (χ2n) is 4.88. The van der Waals surface area contributed by atoms with E-state index in [-0.39, 0.29) is 17.6 Å². The van der Waals surface area contributed by atoms with Crippen LogP contribution in [-0.2, 0) is 9.53 Å². The third-order valence-corrected chi connectivity index (χ3v) is 2.38. The molecular weight excluding hydrogens is 204 g/mol. The molecule has 0 spiro atoms. The normalized spacial score (nSPS) is 11.9. The summed E-state index contributed by atoms with van der Waals surface area (Å²) in [6.07, 6.45) is 1.17. The summed E-state index contributed by atoms with van der Waals surface area (Å²) in [6.45, 7) is 11.8. The second-order valence-corrected chi connectivity index (χ2v) is 4.88. The zero-order valence-electron chi connectivity index (χ0n) is 11.2. The van der Waals surface area contributed by atoms with Crippen molar-refractivity contribution in [1.29, 1.82) is 0 Å². The Labute approximate surface area is 99.1 Å². The highest BCUT2D eigenvalue weighted by Crippen LogP contribution is 2.05.